The van der Waals surface area contributed by atoms with Crippen molar-refractivity contribution in [1.29, 1.82) is 0 Å². The molecule has 2 aromatic heterocycles. The number of phenolic OH excluding ortho intramolecular Hbond substituents is 4. The van der Waals surface area contributed by atoms with E-state index in [1.807, 2.05) is 84.9 Å². The van der Waals surface area contributed by atoms with Gasteiger partial charge < -0.3 is 24.8 Å². The topological polar surface area (TPSA) is 133 Å². The number of aromatic hydroxyl groups is 4. The average Bonchev–Trinajstić information content (AvgIpc) is 3.62. The number of hydrogen-bond acceptors (Lipinski definition) is 8. The first kappa shape index (κ1) is 30.5. The van der Waals surface area contributed by atoms with Crippen LogP contribution in [0.4, 0.5) is 0 Å². The van der Waals surface area contributed by atoms with E-state index in [9.17, 15) is 20.4 Å². The van der Waals surface area contributed by atoms with Crippen LogP contribution in [-0.2, 0) is 5.41 Å². The first-order chi connectivity index (χ1) is 26.4. The molecule has 7 aromatic carbocycles. The fourth-order valence-electron chi connectivity index (χ4n) is 9.03. The Hall–Kier alpha value is -7.13. The molecule has 2 radical (unpaired) electrons. The Morgan fingerprint density at radius 1 is 0.556 bits per heavy atom. The summed E-state index contributed by atoms with van der Waals surface area (Å²) in [5.41, 5.74) is 6.40. The molecule has 12 rings (SSSR count). The van der Waals surface area contributed by atoms with Crippen molar-refractivity contribution in [2.45, 2.75) is 11.3 Å². The zero-order valence-corrected chi connectivity index (χ0v) is 28.3. The van der Waals surface area contributed by atoms with E-state index in [2.05, 4.69) is 42.5 Å². The van der Waals surface area contributed by atoms with Crippen LogP contribution in [0.25, 0.3) is 55.5 Å². The van der Waals surface area contributed by atoms with Crippen molar-refractivity contribution >= 4 is 46.0 Å². The molecule has 0 spiro atoms. The highest BCUT2D eigenvalue weighted by Gasteiger charge is 2.54. The first-order valence-corrected chi connectivity index (χ1v) is 17.5. The predicted molar refractivity (Wildman–Crippen MR) is 207 cm³/mol. The van der Waals surface area contributed by atoms with E-state index in [-0.39, 0.29) is 23.1 Å². The average molecular weight is 700 g/mol. The third-order valence-corrected chi connectivity index (χ3v) is 11.3. The molecule has 3 aliphatic carbocycles. The van der Waals surface area contributed by atoms with Crippen LogP contribution < -0.4 is 5.46 Å². The van der Waals surface area contributed by atoms with Gasteiger partial charge in [-0.15, -0.1) is 0 Å². The van der Waals surface area contributed by atoms with E-state index in [0.29, 0.717) is 22.6 Å². The summed E-state index contributed by atoms with van der Waals surface area (Å²) >= 11 is 0. The fraction of sp³-hybridized carbons (Fsp3) is 0.0444. The Morgan fingerprint density at radius 2 is 1.09 bits per heavy atom. The van der Waals surface area contributed by atoms with E-state index < -0.39 is 33.9 Å². The Morgan fingerprint density at radius 3 is 1.76 bits per heavy atom. The molecule has 0 saturated heterocycles. The van der Waals surface area contributed by atoms with Gasteiger partial charge in [0.05, 0.1) is 11.1 Å². The van der Waals surface area contributed by atoms with Gasteiger partial charge in [0.1, 0.15) is 24.4 Å². The van der Waals surface area contributed by atoms with Gasteiger partial charge in [0, 0.05) is 16.7 Å². The molecule has 8 nitrogen and oxygen atoms in total. The van der Waals surface area contributed by atoms with Gasteiger partial charge in [-0.25, -0.2) is 15.0 Å². The lowest BCUT2D eigenvalue weighted by Gasteiger charge is -2.49. The van der Waals surface area contributed by atoms with Crippen molar-refractivity contribution in [2.24, 2.45) is 0 Å². The molecule has 2 bridgehead atoms. The van der Waals surface area contributed by atoms with Crippen molar-refractivity contribution in [3.63, 3.8) is 0 Å². The summed E-state index contributed by atoms with van der Waals surface area (Å²) in [5.74, 6) is -3.11. The van der Waals surface area contributed by atoms with Crippen LogP contribution in [-0.4, -0.2) is 43.2 Å². The Bertz CT molecular complexity index is 2960. The minimum atomic E-state index is -1.07. The molecule has 254 valence electrons. The third-order valence-electron chi connectivity index (χ3n) is 11.3. The zero-order valence-electron chi connectivity index (χ0n) is 28.3. The van der Waals surface area contributed by atoms with Crippen molar-refractivity contribution in [3.05, 3.63) is 167 Å². The number of hydrogen-bond donors (Lipinski definition) is 4. The first-order valence-electron chi connectivity index (χ1n) is 17.5. The Labute approximate surface area is 308 Å². The maximum atomic E-state index is 11.4. The van der Waals surface area contributed by atoms with Crippen LogP contribution in [0.5, 0.6) is 23.0 Å². The second kappa shape index (κ2) is 10.7. The summed E-state index contributed by atoms with van der Waals surface area (Å²) in [4.78, 5) is 15.5. The number of aromatic nitrogens is 3. The lowest BCUT2D eigenvalue weighted by Crippen LogP contribution is -2.44. The molecule has 3 aliphatic rings. The number of nitrogens with zero attached hydrogens (tertiary/aromatic N) is 3. The maximum absolute atomic E-state index is 11.4. The Kier molecular flexibility index (Phi) is 6.05. The number of fused-ring (bicyclic) bond motifs is 5. The van der Waals surface area contributed by atoms with E-state index in [0.717, 1.165) is 54.9 Å². The van der Waals surface area contributed by atoms with E-state index in [1.54, 1.807) is 0 Å². The van der Waals surface area contributed by atoms with Gasteiger partial charge in [0.2, 0.25) is 11.5 Å². The Balaban J connectivity index is 1.33. The van der Waals surface area contributed by atoms with E-state index in [1.165, 1.54) is 0 Å². The molecule has 4 N–H and O–H groups in total. The van der Waals surface area contributed by atoms with Crippen LogP contribution >= 0.6 is 0 Å². The standard InChI is InChI=1S/C45H26BN3O5/c46-36-35(37(50)39(52)40(53)38(36)51)43-47-42(28-21-22-11-1-2-12-23(22)34-27-16-6-10-20-32(27)54-41(28)34)48-44(49-43)45-29-17-7-3-13-24(29)33(25-14-4-8-18-30(25)45)26-15-5-9-19-31(26)45/h1-21,33,50-53H. The largest absolute Gasteiger partial charge is 0.505 e. The molecular formula is C45H26BN3O5. The lowest BCUT2D eigenvalue weighted by molar-refractivity contribution is 0.348. The quantitative estimate of drug-likeness (QED) is 0.0828. The summed E-state index contributed by atoms with van der Waals surface area (Å²) < 4.78 is 6.62. The SMILES string of the molecule is [B]c1c(O)c(O)c(O)c(O)c1-c1nc(-c2cc3ccccc3c3c2oc2ccccc23)nc(C23c4ccccc4C(c4ccccc42)c2ccccc23)n1. The summed E-state index contributed by atoms with van der Waals surface area (Å²) in [6, 6.07) is 42.7. The second-order valence-electron chi connectivity index (χ2n) is 13.9. The van der Waals surface area contributed by atoms with Crippen LogP contribution in [0.3, 0.4) is 0 Å². The third kappa shape index (κ3) is 3.75. The molecule has 9 heteroatoms. The van der Waals surface area contributed by atoms with Crippen molar-refractivity contribution in [2.75, 3.05) is 0 Å². The zero-order chi connectivity index (χ0) is 36.5. The van der Waals surface area contributed by atoms with Gasteiger partial charge in [-0.3, -0.25) is 0 Å². The molecule has 0 saturated carbocycles. The van der Waals surface area contributed by atoms with Crippen molar-refractivity contribution in [3.8, 4) is 45.8 Å². The highest BCUT2D eigenvalue weighted by atomic mass is 16.3. The number of benzene rings is 7. The molecule has 54 heavy (non-hydrogen) atoms. The second-order valence-corrected chi connectivity index (χ2v) is 13.9. The molecule has 0 aliphatic heterocycles. The lowest BCUT2D eigenvalue weighted by atomic mass is 9.52. The smallest absolute Gasteiger partial charge is 0.205 e. The van der Waals surface area contributed by atoms with Crippen LogP contribution in [0.15, 0.2) is 132 Å². The van der Waals surface area contributed by atoms with E-state index in [4.69, 9.17) is 27.2 Å². The van der Waals surface area contributed by atoms with Crippen molar-refractivity contribution < 1.29 is 24.8 Å². The molecule has 0 atom stereocenters. The fourth-order valence-corrected chi connectivity index (χ4v) is 9.03. The minimum Gasteiger partial charge on any atom is -0.505 e. The monoisotopic (exact) mass is 699 g/mol. The van der Waals surface area contributed by atoms with Crippen LogP contribution in [0.1, 0.15) is 45.1 Å². The highest BCUT2D eigenvalue weighted by Crippen LogP contribution is 2.61. The minimum absolute atomic E-state index is 0.0161. The number of phenols is 4. The van der Waals surface area contributed by atoms with Gasteiger partial charge in [-0.05, 0) is 61.7 Å². The number of para-hydroxylation sites is 1. The van der Waals surface area contributed by atoms with Gasteiger partial charge in [0.15, 0.2) is 29.0 Å². The molecule has 0 unspecified atom stereocenters. The predicted octanol–water partition coefficient (Wildman–Crippen LogP) is 8.06. The summed E-state index contributed by atoms with van der Waals surface area (Å²) in [6.07, 6.45) is 0. The summed E-state index contributed by atoms with van der Waals surface area (Å²) in [7, 11) is 6.42. The van der Waals surface area contributed by atoms with Crippen LogP contribution in [0, 0.1) is 0 Å². The van der Waals surface area contributed by atoms with Gasteiger partial charge in [-0.1, -0.05) is 115 Å². The molecular weight excluding hydrogens is 673 g/mol. The molecule has 2 heterocycles. The van der Waals surface area contributed by atoms with Gasteiger partial charge in [0.25, 0.3) is 0 Å². The maximum Gasteiger partial charge on any atom is 0.205 e. The van der Waals surface area contributed by atoms with Gasteiger partial charge in [-0.2, -0.15) is 0 Å². The molecule has 0 amide bonds. The number of furan rings is 1. The van der Waals surface area contributed by atoms with Gasteiger partial charge >= 0.3 is 0 Å². The summed E-state index contributed by atoms with van der Waals surface area (Å²) in [5, 5.41) is 47.2. The normalized spacial score (nSPS) is 16.8. The van der Waals surface area contributed by atoms with E-state index >= 15 is 0 Å². The molecule has 9 aromatic rings. The molecule has 0 fully saturated rings. The van der Waals surface area contributed by atoms with Crippen LogP contribution in [0.2, 0.25) is 0 Å². The number of rotatable bonds is 3. The highest BCUT2D eigenvalue weighted by molar-refractivity contribution is 6.38. The summed E-state index contributed by atoms with van der Waals surface area (Å²) in [6.45, 7) is 0. The van der Waals surface area contributed by atoms with Crippen molar-refractivity contribution in [1.82, 2.24) is 15.0 Å².